The van der Waals surface area contributed by atoms with Crippen LogP contribution in [0.25, 0.3) is 0 Å². The van der Waals surface area contributed by atoms with Gasteiger partial charge in [-0.1, -0.05) is 13.8 Å². The minimum Gasteiger partial charge on any atom is -0.478 e. The lowest BCUT2D eigenvalue weighted by atomic mass is 9.90. The Morgan fingerprint density at radius 2 is 2.12 bits per heavy atom. The van der Waals surface area contributed by atoms with Crippen LogP contribution in [0.4, 0.5) is 5.82 Å². The molecule has 0 amide bonds. The largest absolute Gasteiger partial charge is 0.478 e. The summed E-state index contributed by atoms with van der Waals surface area (Å²) >= 11 is 3.22. The van der Waals surface area contributed by atoms with Crippen molar-refractivity contribution in [3.05, 3.63) is 22.3 Å². The molecule has 0 spiro atoms. The minimum atomic E-state index is -0.985. The molecule has 0 bridgehead atoms. The van der Waals surface area contributed by atoms with E-state index in [1.807, 2.05) is 13.8 Å². The number of aromatic nitrogens is 1. The molecule has 0 aliphatic carbocycles. The van der Waals surface area contributed by atoms with E-state index in [1.165, 1.54) is 0 Å². The average molecular weight is 301 g/mol. The molecular formula is C12H17BrN2O2. The van der Waals surface area contributed by atoms with Crippen molar-refractivity contribution in [2.45, 2.75) is 33.2 Å². The number of carboxylic acid groups (broad SMARTS) is 1. The predicted molar refractivity (Wildman–Crippen MR) is 71.4 cm³/mol. The smallest absolute Gasteiger partial charge is 0.339 e. The second-order valence-electron chi connectivity index (χ2n) is 4.86. The summed E-state index contributed by atoms with van der Waals surface area (Å²) in [5.41, 5.74) is -0.0431. The molecule has 0 aliphatic rings. The molecule has 1 aromatic heterocycles. The number of hydrogen-bond donors (Lipinski definition) is 2. The van der Waals surface area contributed by atoms with Crippen molar-refractivity contribution in [2.75, 3.05) is 5.32 Å². The van der Waals surface area contributed by atoms with Crippen LogP contribution in [-0.2, 0) is 0 Å². The Bertz CT molecular complexity index is 431. The van der Waals surface area contributed by atoms with E-state index in [9.17, 15) is 4.79 Å². The first-order chi connectivity index (χ1) is 7.74. The third-order valence-electron chi connectivity index (χ3n) is 2.97. The number of nitrogens with zero attached hydrogens (tertiary/aromatic N) is 1. The zero-order chi connectivity index (χ0) is 13.2. The number of carbonyl (C=O) groups is 1. The first-order valence-electron chi connectivity index (χ1n) is 5.41. The van der Waals surface area contributed by atoms with Gasteiger partial charge in [-0.05, 0) is 41.8 Å². The van der Waals surface area contributed by atoms with Gasteiger partial charge in [0.25, 0.3) is 0 Å². The van der Waals surface area contributed by atoms with Crippen LogP contribution in [0.3, 0.4) is 0 Å². The van der Waals surface area contributed by atoms with E-state index >= 15 is 0 Å². The molecule has 0 saturated heterocycles. The van der Waals surface area contributed by atoms with Crippen LogP contribution in [0, 0.1) is 5.92 Å². The fourth-order valence-electron chi connectivity index (χ4n) is 1.15. The van der Waals surface area contributed by atoms with Crippen molar-refractivity contribution in [2.24, 2.45) is 5.92 Å². The lowest BCUT2D eigenvalue weighted by Gasteiger charge is -2.31. The number of aromatic carboxylic acids is 1. The first-order valence-corrected chi connectivity index (χ1v) is 6.20. The highest BCUT2D eigenvalue weighted by atomic mass is 79.9. The van der Waals surface area contributed by atoms with Crippen LogP contribution in [-0.4, -0.2) is 21.6 Å². The number of pyridine rings is 1. The molecule has 1 heterocycles. The van der Waals surface area contributed by atoms with Gasteiger partial charge >= 0.3 is 5.97 Å². The Kier molecular flexibility index (Phi) is 4.14. The van der Waals surface area contributed by atoms with Gasteiger partial charge in [-0.25, -0.2) is 9.78 Å². The van der Waals surface area contributed by atoms with Crippen molar-refractivity contribution in [3.63, 3.8) is 0 Å². The van der Waals surface area contributed by atoms with Crippen LogP contribution < -0.4 is 5.32 Å². The summed E-state index contributed by atoms with van der Waals surface area (Å²) in [5.74, 6) is -0.227. The molecule has 5 heteroatoms. The maximum Gasteiger partial charge on any atom is 0.339 e. The molecule has 1 rings (SSSR count). The van der Waals surface area contributed by atoms with E-state index in [4.69, 9.17) is 5.11 Å². The van der Waals surface area contributed by atoms with Gasteiger partial charge in [0.1, 0.15) is 11.4 Å². The van der Waals surface area contributed by atoms with E-state index < -0.39 is 5.97 Å². The summed E-state index contributed by atoms with van der Waals surface area (Å²) in [5, 5.41) is 12.3. The fraction of sp³-hybridized carbons (Fsp3) is 0.500. The zero-order valence-corrected chi connectivity index (χ0v) is 12.0. The predicted octanol–water partition coefficient (Wildman–Crippen LogP) is 3.39. The topological polar surface area (TPSA) is 62.2 Å². The van der Waals surface area contributed by atoms with Gasteiger partial charge < -0.3 is 10.4 Å². The number of carboxylic acids is 1. The Hall–Kier alpha value is -1.10. The second kappa shape index (κ2) is 5.04. The first kappa shape index (κ1) is 14.0. The highest BCUT2D eigenvalue weighted by Gasteiger charge is 2.24. The van der Waals surface area contributed by atoms with Crippen molar-refractivity contribution in [1.82, 2.24) is 4.98 Å². The summed E-state index contributed by atoms with van der Waals surface area (Å²) in [6.45, 7) is 8.19. The fourth-order valence-corrected chi connectivity index (χ4v) is 1.48. The molecule has 17 heavy (non-hydrogen) atoms. The van der Waals surface area contributed by atoms with Crippen LogP contribution in [0.15, 0.2) is 16.7 Å². The number of hydrogen-bond acceptors (Lipinski definition) is 3. The Balaban J connectivity index is 3.11. The molecule has 1 aromatic rings. The number of nitrogens with one attached hydrogen (secondary N) is 1. The summed E-state index contributed by atoms with van der Waals surface area (Å²) in [6, 6.07) is 1.55. The Labute approximate surface area is 110 Å². The number of halogens is 1. The Morgan fingerprint density at radius 1 is 1.53 bits per heavy atom. The monoisotopic (exact) mass is 300 g/mol. The van der Waals surface area contributed by atoms with Gasteiger partial charge in [-0.15, -0.1) is 0 Å². The molecule has 2 N–H and O–H groups in total. The maximum atomic E-state index is 11.1. The van der Waals surface area contributed by atoms with E-state index in [-0.39, 0.29) is 11.1 Å². The normalized spacial score (nSPS) is 11.6. The third-order valence-corrected chi connectivity index (χ3v) is 3.40. The van der Waals surface area contributed by atoms with E-state index in [2.05, 4.69) is 40.1 Å². The highest BCUT2D eigenvalue weighted by Crippen LogP contribution is 2.25. The number of rotatable bonds is 4. The van der Waals surface area contributed by atoms with Gasteiger partial charge in [0.05, 0.1) is 0 Å². The van der Waals surface area contributed by atoms with Gasteiger partial charge in [0.2, 0.25) is 0 Å². The lowest BCUT2D eigenvalue weighted by molar-refractivity contribution is 0.0697. The highest BCUT2D eigenvalue weighted by molar-refractivity contribution is 9.10. The summed E-state index contributed by atoms with van der Waals surface area (Å²) in [4.78, 5) is 15.3. The molecule has 0 aromatic carbocycles. The van der Waals surface area contributed by atoms with Crippen molar-refractivity contribution in [1.29, 1.82) is 0 Å². The molecular weight excluding hydrogens is 284 g/mol. The summed E-state index contributed by atoms with van der Waals surface area (Å²) in [6.07, 6.45) is 1.59. The quantitative estimate of drug-likeness (QED) is 0.895. The SMILES string of the molecule is CC(C)C(C)(C)Nc1ncc(Br)cc1C(=O)O. The van der Waals surface area contributed by atoms with E-state index in [1.54, 1.807) is 12.3 Å². The van der Waals surface area contributed by atoms with Crippen LogP contribution in [0.2, 0.25) is 0 Å². The van der Waals surface area contributed by atoms with Gasteiger partial charge in [-0.2, -0.15) is 0 Å². The molecule has 0 aliphatic heterocycles. The molecule has 94 valence electrons. The molecule has 4 nitrogen and oxygen atoms in total. The van der Waals surface area contributed by atoms with Crippen molar-refractivity contribution >= 4 is 27.7 Å². The lowest BCUT2D eigenvalue weighted by Crippen LogP contribution is -2.37. The maximum absolute atomic E-state index is 11.1. The van der Waals surface area contributed by atoms with Gasteiger partial charge in [-0.3, -0.25) is 0 Å². The second-order valence-corrected chi connectivity index (χ2v) is 5.77. The molecule has 0 fully saturated rings. The zero-order valence-electron chi connectivity index (χ0n) is 10.4. The summed E-state index contributed by atoms with van der Waals surface area (Å²) < 4.78 is 0.655. The molecule has 0 radical (unpaired) electrons. The van der Waals surface area contributed by atoms with Crippen LogP contribution in [0.1, 0.15) is 38.1 Å². The summed E-state index contributed by atoms with van der Waals surface area (Å²) in [7, 11) is 0. The minimum absolute atomic E-state index is 0.174. The Morgan fingerprint density at radius 3 is 2.59 bits per heavy atom. The third kappa shape index (κ3) is 3.43. The van der Waals surface area contributed by atoms with Crippen LogP contribution >= 0.6 is 15.9 Å². The van der Waals surface area contributed by atoms with Crippen molar-refractivity contribution in [3.8, 4) is 0 Å². The average Bonchev–Trinajstić information content (AvgIpc) is 2.19. The van der Waals surface area contributed by atoms with Gasteiger partial charge in [0.15, 0.2) is 0 Å². The standard InChI is InChI=1S/C12H17BrN2O2/c1-7(2)12(3,4)15-10-9(11(16)17)5-8(13)6-14-10/h5-7H,1-4H3,(H,14,15)(H,16,17). The van der Waals surface area contributed by atoms with Gasteiger partial charge in [0, 0.05) is 16.2 Å². The molecule has 0 saturated carbocycles. The number of anilines is 1. The molecule has 0 atom stereocenters. The van der Waals surface area contributed by atoms with Crippen molar-refractivity contribution < 1.29 is 9.90 Å². The van der Waals surface area contributed by atoms with E-state index in [0.717, 1.165) is 0 Å². The van der Waals surface area contributed by atoms with E-state index in [0.29, 0.717) is 16.2 Å². The van der Waals surface area contributed by atoms with Crippen LogP contribution in [0.5, 0.6) is 0 Å². The molecule has 0 unspecified atom stereocenters.